The number of ketones is 2. The molecule has 1 aromatic heterocycles. The first-order valence-electron chi connectivity index (χ1n) is 23.5. The lowest BCUT2D eigenvalue weighted by atomic mass is 9.97. The highest BCUT2D eigenvalue weighted by Crippen LogP contribution is 2.40. The van der Waals surface area contributed by atoms with Crippen LogP contribution in [-0.4, -0.2) is 110 Å². The quantitative estimate of drug-likeness (QED) is 0.0373. The van der Waals surface area contributed by atoms with Crippen LogP contribution in [0.15, 0.2) is 48.5 Å². The van der Waals surface area contributed by atoms with Gasteiger partial charge in [0.05, 0.1) is 60.6 Å². The van der Waals surface area contributed by atoms with Crippen molar-refractivity contribution in [3.05, 3.63) is 98.9 Å². The topological polar surface area (TPSA) is 198 Å². The molecule has 0 aliphatic carbocycles. The number of carbonyl (C=O) groups is 5. The standard InChI is InChI=1S/C18H23F5N4O.C16H18F6N2O3.C16H18F5NO3/c1-16(2,3)24-8-14(28)27(5)9-13-25-12-7-10(17(4,19)20)6-11(15(12)26-13)18(21,22)23;1-27-8-13(23)14(26)24-7-12(25)3-2-9-4-10(15(17,18)19)6-11(5-9)16(20,21)22;1-15(17,18)11-5-10(6-12(7-11)16(19,20)21)3-4-14(24)13(8-25-2)22-9-23/h6-7,24H,8-9H2,1-5H3,(H,25,26);4-6,13H,2-3,7-8,23H2,1H3,(H,24,26);5-7,9,13H,3-4,8H2,1-2H3,(H,22,23)/t;2*13-/m.11/s1. The number of aryl methyl sites for hydroxylation is 2. The van der Waals surface area contributed by atoms with Gasteiger partial charge >= 0.3 is 24.7 Å². The number of methoxy groups -OCH3 is 2. The number of likely N-dealkylation sites (N-methyl/N-ethyl adjacent to an activating group) is 1. The molecule has 0 unspecified atom stereocenters. The molecule has 0 fully saturated rings. The van der Waals surface area contributed by atoms with Crippen molar-refractivity contribution in [1.82, 2.24) is 30.8 Å². The zero-order valence-electron chi connectivity index (χ0n) is 44.1. The molecule has 0 aliphatic rings. The molecule has 4 aromatic rings. The third kappa shape index (κ3) is 23.4. The van der Waals surface area contributed by atoms with Crippen LogP contribution in [0.5, 0.6) is 0 Å². The summed E-state index contributed by atoms with van der Waals surface area (Å²) in [6, 6.07) is 2.64. The highest BCUT2D eigenvalue weighted by atomic mass is 19.4. The number of carbonyl (C=O) groups excluding carboxylic acids is 5. The molecule has 0 radical (unpaired) electrons. The molecule has 1 heterocycles. The minimum atomic E-state index is -4.95. The normalized spacial score (nSPS) is 13.3. The Morgan fingerprint density at radius 3 is 1.55 bits per heavy atom. The Morgan fingerprint density at radius 1 is 0.650 bits per heavy atom. The summed E-state index contributed by atoms with van der Waals surface area (Å²) >= 11 is 0. The summed E-state index contributed by atoms with van der Waals surface area (Å²) in [6.07, 6.45) is -20.3. The smallest absolute Gasteiger partial charge is 0.383 e. The van der Waals surface area contributed by atoms with Gasteiger partial charge in [-0.05, 0) is 93.3 Å². The molecule has 2 atom stereocenters. The summed E-state index contributed by atoms with van der Waals surface area (Å²) in [5.41, 5.74) is -2.65. The van der Waals surface area contributed by atoms with E-state index in [-0.39, 0.29) is 92.0 Å². The SMILES string of the molecule is CN(Cc1nc2c(C(F)(F)F)cc(C(C)(F)F)cc2[nH]1)C(=O)CNC(C)(C)C.COC[C@@H](N)C(=O)NCC(=O)CCc1cc(C(F)(F)F)cc(C(F)(F)F)c1.COC[C@@H](NC=O)C(=O)CCc1cc(C(C)(F)F)cc(C(F)(F)F)c1. The molecular weight excluding hydrogens is 1110 g/mol. The van der Waals surface area contributed by atoms with E-state index in [1.807, 2.05) is 20.8 Å². The van der Waals surface area contributed by atoms with Crippen LogP contribution in [0.25, 0.3) is 11.0 Å². The maximum Gasteiger partial charge on any atom is 0.418 e. The van der Waals surface area contributed by atoms with E-state index in [0.717, 1.165) is 18.2 Å². The molecule has 6 N–H and O–H groups in total. The van der Waals surface area contributed by atoms with E-state index in [1.54, 1.807) is 0 Å². The van der Waals surface area contributed by atoms with Crippen LogP contribution in [0.2, 0.25) is 0 Å². The Kier molecular flexibility index (Phi) is 24.7. The summed E-state index contributed by atoms with van der Waals surface area (Å²) in [7, 11) is 4.12. The van der Waals surface area contributed by atoms with Crippen LogP contribution in [0, 0.1) is 0 Å². The van der Waals surface area contributed by atoms with Crippen molar-refractivity contribution in [3.63, 3.8) is 0 Å². The number of H-pyrrole nitrogens is 1. The molecule has 0 spiro atoms. The van der Waals surface area contributed by atoms with E-state index in [2.05, 4.69) is 30.7 Å². The van der Waals surface area contributed by atoms with Crippen molar-refractivity contribution < 1.29 is 104 Å². The van der Waals surface area contributed by atoms with Crippen molar-refractivity contribution in [2.75, 3.05) is 47.6 Å². The van der Waals surface area contributed by atoms with E-state index in [1.165, 1.54) is 26.2 Å². The molecule has 448 valence electrons. The largest absolute Gasteiger partial charge is 0.418 e. The van der Waals surface area contributed by atoms with Crippen LogP contribution in [-0.2, 0) is 89.4 Å². The number of nitrogens with two attached hydrogens (primary N) is 1. The van der Waals surface area contributed by atoms with Crippen molar-refractivity contribution in [1.29, 1.82) is 0 Å². The molecule has 3 amide bonds. The van der Waals surface area contributed by atoms with Gasteiger partial charge in [-0.2, -0.15) is 52.7 Å². The monoisotopic (exact) mass is 1170 g/mol. The molecule has 4 rings (SSSR count). The van der Waals surface area contributed by atoms with Gasteiger partial charge in [0.15, 0.2) is 11.6 Å². The predicted molar refractivity (Wildman–Crippen MR) is 257 cm³/mol. The lowest BCUT2D eigenvalue weighted by Gasteiger charge is -2.22. The fourth-order valence-corrected chi connectivity index (χ4v) is 6.79. The zero-order chi connectivity index (χ0) is 61.6. The Labute approximate surface area is 447 Å². The van der Waals surface area contributed by atoms with E-state index in [9.17, 15) is 94.2 Å². The van der Waals surface area contributed by atoms with Gasteiger partial charge in [-0.3, -0.25) is 24.0 Å². The van der Waals surface area contributed by atoms with E-state index in [0.29, 0.717) is 44.5 Å². The average molecular weight is 1170 g/mol. The number of alkyl halides is 16. The Bertz CT molecular complexity index is 2660. The number of halogens is 16. The number of amides is 3. The lowest BCUT2D eigenvalue weighted by Crippen LogP contribution is -2.45. The van der Waals surface area contributed by atoms with Gasteiger partial charge in [0, 0.05) is 64.6 Å². The van der Waals surface area contributed by atoms with Gasteiger partial charge in [0.1, 0.15) is 23.4 Å². The van der Waals surface area contributed by atoms with Crippen molar-refractivity contribution in [2.24, 2.45) is 5.73 Å². The average Bonchev–Trinajstić information content (AvgIpc) is 3.73. The molecule has 14 nitrogen and oxygen atoms in total. The van der Waals surface area contributed by atoms with Gasteiger partial charge in [-0.1, -0.05) is 0 Å². The molecule has 3 aromatic carbocycles. The van der Waals surface area contributed by atoms with Crippen LogP contribution in [0.3, 0.4) is 0 Å². The van der Waals surface area contributed by atoms with Gasteiger partial charge in [-0.25, -0.2) is 22.5 Å². The minimum absolute atomic E-state index is 0.0166. The van der Waals surface area contributed by atoms with Gasteiger partial charge in [0.25, 0.3) is 11.8 Å². The Hall–Kier alpha value is -6.40. The number of imidazole rings is 1. The fourth-order valence-electron chi connectivity index (χ4n) is 6.79. The van der Waals surface area contributed by atoms with Crippen LogP contribution < -0.4 is 21.7 Å². The molecule has 0 aliphatic heterocycles. The number of nitrogens with one attached hydrogen (secondary N) is 4. The molecular formula is C50H59F16N7O7. The summed E-state index contributed by atoms with van der Waals surface area (Å²) in [5, 5.41) is 7.47. The van der Waals surface area contributed by atoms with Crippen LogP contribution in [0.1, 0.15) is 97.8 Å². The number of fused-ring (bicyclic) bond motifs is 1. The molecule has 30 heteroatoms. The number of rotatable bonds is 22. The highest BCUT2D eigenvalue weighted by Gasteiger charge is 2.39. The molecule has 0 saturated heterocycles. The minimum Gasteiger partial charge on any atom is -0.383 e. The second kappa shape index (κ2) is 28.3. The first-order valence-corrected chi connectivity index (χ1v) is 23.5. The predicted octanol–water partition coefficient (Wildman–Crippen LogP) is 9.44. The number of nitrogens with zero attached hydrogens (tertiary/aromatic N) is 2. The second-order valence-corrected chi connectivity index (χ2v) is 19.1. The van der Waals surface area contributed by atoms with Crippen LogP contribution >= 0.6 is 0 Å². The van der Waals surface area contributed by atoms with E-state index in [4.69, 9.17) is 10.5 Å². The van der Waals surface area contributed by atoms with E-state index >= 15 is 0 Å². The first kappa shape index (κ1) is 69.7. The number of aromatic amines is 1. The number of hydrogen-bond acceptors (Lipinski definition) is 10. The summed E-state index contributed by atoms with van der Waals surface area (Å²) in [6.45, 7) is 6.02. The number of ether oxygens (including phenoxy) is 2. The zero-order valence-corrected chi connectivity index (χ0v) is 44.1. The van der Waals surface area contributed by atoms with Crippen LogP contribution in [0.4, 0.5) is 70.2 Å². The summed E-state index contributed by atoms with van der Waals surface area (Å²) < 4.78 is 219. The summed E-state index contributed by atoms with van der Waals surface area (Å²) in [4.78, 5) is 65.7. The van der Waals surface area contributed by atoms with Gasteiger partial charge in [-0.15, -0.1) is 0 Å². The second-order valence-electron chi connectivity index (χ2n) is 19.1. The third-order valence-electron chi connectivity index (χ3n) is 11.0. The van der Waals surface area contributed by atoms with Crippen molar-refractivity contribution >= 4 is 40.8 Å². The maximum atomic E-state index is 13.6. The first-order chi connectivity index (χ1) is 36.4. The third-order valence-corrected chi connectivity index (χ3v) is 11.0. The number of benzene rings is 3. The molecule has 0 saturated carbocycles. The highest BCUT2D eigenvalue weighted by molar-refractivity contribution is 5.88. The summed E-state index contributed by atoms with van der Waals surface area (Å²) in [5.74, 6) is -8.81. The lowest BCUT2D eigenvalue weighted by molar-refractivity contribution is -0.143. The maximum absolute atomic E-state index is 13.6. The molecule has 0 bridgehead atoms. The Balaban J connectivity index is 0.000000411. The van der Waals surface area contributed by atoms with Crippen molar-refractivity contribution in [3.8, 4) is 0 Å². The van der Waals surface area contributed by atoms with Gasteiger partial charge < -0.3 is 41.0 Å². The van der Waals surface area contributed by atoms with E-state index < -0.39 is 112 Å². The number of hydrogen-bond donors (Lipinski definition) is 5. The molecule has 80 heavy (non-hydrogen) atoms. The fraction of sp³-hybridized carbons (Fsp3) is 0.520. The Morgan fingerprint density at radius 2 is 1.11 bits per heavy atom. The number of aromatic nitrogens is 2. The number of Topliss-reactive ketones (excluding diaryl/α,β-unsaturated/α-hetero) is 2. The van der Waals surface area contributed by atoms with Crippen molar-refractivity contribution in [2.45, 2.75) is 121 Å². The van der Waals surface area contributed by atoms with Gasteiger partial charge in [0.2, 0.25) is 18.2 Å².